The van der Waals surface area contributed by atoms with E-state index in [0.717, 1.165) is 27.5 Å². The number of nitrogens with one attached hydrogen (secondary N) is 3. The van der Waals surface area contributed by atoms with E-state index in [0.29, 0.717) is 18.7 Å². The highest BCUT2D eigenvalue weighted by Crippen LogP contribution is 2.26. The maximum Gasteiger partial charge on any atom is 0.408 e. The number of carbonyl (C=O) groups excluding carboxylic acids is 5. The predicted molar refractivity (Wildman–Crippen MR) is 197 cm³/mol. The first kappa shape index (κ1) is 36.8. The van der Waals surface area contributed by atoms with Gasteiger partial charge in [-0.05, 0) is 58.9 Å². The number of rotatable bonds is 8. The zero-order chi connectivity index (χ0) is 37.2. The molecule has 0 unspecified atom stereocenters. The summed E-state index contributed by atoms with van der Waals surface area (Å²) in [7, 11) is 0. The third-order valence-electron chi connectivity index (χ3n) is 9.47. The average Bonchev–Trinajstić information content (AvgIpc) is 3.18. The van der Waals surface area contributed by atoms with Crippen LogP contribution >= 0.6 is 0 Å². The number of ether oxygens (including phenoxy) is 2. The monoisotopic (exact) mass is 718 g/mol. The van der Waals surface area contributed by atoms with Crippen LogP contribution in [0.5, 0.6) is 0 Å². The lowest BCUT2D eigenvalue weighted by atomic mass is 9.92. The van der Waals surface area contributed by atoms with Crippen molar-refractivity contribution >= 4 is 46.2 Å². The van der Waals surface area contributed by atoms with Crippen molar-refractivity contribution in [2.24, 2.45) is 5.92 Å². The highest BCUT2D eigenvalue weighted by Gasteiger charge is 2.34. The molecule has 4 aromatic carbocycles. The summed E-state index contributed by atoms with van der Waals surface area (Å²) >= 11 is 0. The average molecular weight is 719 g/mol. The second-order valence-electron chi connectivity index (χ2n) is 13.2. The van der Waals surface area contributed by atoms with E-state index in [2.05, 4.69) is 16.0 Å². The molecule has 53 heavy (non-hydrogen) atoms. The van der Waals surface area contributed by atoms with Crippen molar-refractivity contribution in [2.45, 2.75) is 57.0 Å². The molecule has 12 heteroatoms. The van der Waals surface area contributed by atoms with Crippen LogP contribution < -0.4 is 16.0 Å². The standard InChI is InChI=1S/C41H42N4O8/c46-24-34-21-30-14-6-7-16-32(30)23-45(34)37(47)22-31-15-8-9-17-35(44-41(51)53-25-27-10-2-1-3-11-27)40(50)52-26-36(43-38(31)48)39(49)42-33-19-18-28-12-4-5-13-29(28)20-33/h1-14,16,18-20,31,34-36,46H,15,17,21-26H2,(H,42,49)(H,43,48)(H,44,51)/t31-,34+,35-,36+/m1/s1. The fourth-order valence-corrected chi connectivity index (χ4v) is 6.50. The van der Waals surface area contributed by atoms with Gasteiger partial charge in [-0.25, -0.2) is 9.59 Å². The summed E-state index contributed by atoms with van der Waals surface area (Å²) in [5.74, 6) is -3.25. The van der Waals surface area contributed by atoms with Crippen LogP contribution in [-0.2, 0) is 48.2 Å². The summed E-state index contributed by atoms with van der Waals surface area (Å²) < 4.78 is 10.9. The Morgan fingerprint density at radius 1 is 0.868 bits per heavy atom. The normalized spacial score (nSPS) is 20.5. The molecule has 0 bridgehead atoms. The molecule has 0 radical (unpaired) electrons. The SMILES string of the molecule is O=C(N[C@@H]1CC=CC[C@H](CC(=O)N2Cc3ccccc3C[C@H]2CO)C(=O)N[C@H](C(=O)Nc2ccc3ccccc3c2)COC1=O)OCc1ccccc1. The Morgan fingerprint density at radius 2 is 1.58 bits per heavy atom. The van der Waals surface area contributed by atoms with E-state index in [1.54, 1.807) is 41.3 Å². The number of nitrogens with zero attached hydrogens (tertiary/aromatic N) is 1. The number of anilines is 1. The van der Waals surface area contributed by atoms with E-state index >= 15 is 0 Å². The number of aliphatic hydroxyl groups is 1. The molecule has 12 nitrogen and oxygen atoms in total. The molecule has 274 valence electrons. The van der Waals surface area contributed by atoms with E-state index in [1.807, 2.05) is 72.8 Å². The summed E-state index contributed by atoms with van der Waals surface area (Å²) in [6.07, 6.45) is 2.86. The van der Waals surface area contributed by atoms with Crippen LogP contribution in [0.4, 0.5) is 10.5 Å². The van der Waals surface area contributed by atoms with E-state index < -0.39 is 54.5 Å². The molecular formula is C41H42N4O8. The van der Waals surface area contributed by atoms with Gasteiger partial charge in [0.1, 0.15) is 25.3 Å². The molecule has 0 saturated heterocycles. The van der Waals surface area contributed by atoms with Crippen LogP contribution in [-0.4, -0.2) is 71.1 Å². The molecule has 6 rings (SSSR count). The van der Waals surface area contributed by atoms with Crippen molar-refractivity contribution in [3.63, 3.8) is 0 Å². The lowest BCUT2D eigenvalue weighted by molar-refractivity contribution is -0.148. The van der Waals surface area contributed by atoms with Gasteiger partial charge in [-0.15, -0.1) is 0 Å². The third-order valence-corrected chi connectivity index (χ3v) is 9.47. The Balaban J connectivity index is 1.20. The minimum Gasteiger partial charge on any atom is -0.461 e. The molecule has 4 atom stereocenters. The lowest BCUT2D eigenvalue weighted by Crippen LogP contribution is -2.51. The molecule has 2 heterocycles. The first-order chi connectivity index (χ1) is 25.8. The third kappa shape index (κ3) is 9.66. The Labute approximate surface area is 307 Å². The number of alkyl carbamates (subject to hydrolysis) is 1. The predicted octanol–water partition coefficient (Wildman–Crippen LogP) is 4.40. The number of cyclic esters (lactones) is 1. The smallest absolute Gasteiger partial charge is 0.408 e. The number of fused-ring (bicyclic) bond motifs is 2. The summed E-state index contributed by atoms with van der Waals surface area (Å²) in [5.41, 5.74) is 3.27. The van der Waals surface area contributed by atoms with Gasteiger partial charge in [0.05, 0.1) is 18.6 Å². The van der Waals surface area contributed by atoms with Crippen LogP contribution in [0.15, 0.2) is 109 Å². The van der Waals surface area contributed by atoms with Gasteiger partial charge < -0.3 is 35.4 Å². The van der Waals surface area contributed by atoms with Crippen molar-refractivity contribution in [1.82, 2.24) is 15.5 Å². The van der Waals surface area contributed by atoms with Crippen LogP contribution in [0, 0.1) is 5.92 Å². The number of esters is 1. The van der Waals surface area contributed by atoms with Gasteiger partial charge in [-0.1, -0.05) is 97.1 Å². The summed E-state index contributed by atoms with van der Waals surface area (Å²) in [5, 5.41) is 20.1. The quantitative estimate of drug-likeness (QED) is 0.154. The fraction of sp³-hybridized carbons (Fsp3) is 0.293. The number of allylic oxidation sites excluding steroid dienone is 1. The maximum absolute atomic E-state index is 13.9. The van der Waals surface area contributed by atoms with Gasteiger partial charge in [-0.3, -0.25) is 14.4 Å². The molecule has 4 aromatic rings. The van der Waals surface area contributed by atoms with E-state index in [4.69, 9.17) is 9.47 Å². The van der Waals surface area contributed by atoms with Crippen molar-refractivity contribution in [1.29, 1.82) is 0 Å². The Kier molecular flexibility index (Phi) is 12.1. The zero-order valence-corrected chi connectivity index (χ0v) is 29.1. The molecule has 4 N–H and O–H groups in total. The van der Waals surface area contributed by atoms with Crippen LogP contribution in [0.25, 0.3) is 10.8 Å². The second-order valence-corrected chi connectivity index (χ2v) is 13.2. The van der Waals surface area contributed by atoms with Crippen LogP contribution in [0.2, 0.25) is 0 Å². The molecule has 0 aromatic heterocycles. The van der Waals surface area contributed by atoms with Crippen LogP contribution in [0.3, 0.4) is 0 Å². The lowest BCUT2D eigenvalue weighted by Gasteiger charge is -2.36. The topological polar surface area (TPSA) is 163 Å². The molecule has 0 aliphatic carbocycles. The van der Waals surface area contributed by atoms with E-state index in [-0.39, 0.29) is 38.4 Å². The number of carbonyl (C=O) groups is 5. The van der Waals surface area contributed by atoms with Gasteiger partial charge >= 0.3 is 12.1 Å². The largest absolute Gasteiger partial charge is 0.461 e. The molecule has 0 saturated carbocycles. The molecular weight excluding hydrogens is 676 g/mol. The van der Waals surface area contributed by atoms with Crippen molar-refractivity contribution in [3.05, 3.63) is 126 Å². The van der Waals surface area contributed by atoms with Gasteiger partial charge in [0.2, 0.25) is 11.8 Å². The Morgan fingerprint density at radius 3 is 2.38 bits per heavy atom. The minimum absolute atomic E-state index is 0.00496. The second kappa shape index (κ2) is 17.5. The number of hydrogen-bond acceptors (Lipinski definition) is 8. The summed E-state index contributed by atoms with van der Waals surface area (Å²) in [6, 6.07) is 26.9. The maximum atomic E-state index is 13.9. The van der Waals surface area contributed by atoms with Crippen molar-refractivity contribution in [3.8, 4) is 0 Å². The van der Waals surface area contributed by atoms with Gasteiger partial charge in [0.25, 0.3) is 5.91 Å². The molecule has 2 aliphatic heterocycles. The molecule has 4 amide bonds. The number of benzene rings is 4. The molecule has 0 spiro atoms. The summed E-state index contributed by atoms with van der Waals surface area (Å²) in [6.45, 7) is -0.490. The Bertz CT molecular complexity index is 1980. The van der Waals surface area contributed by atoms with Crippen LogP contribution in [0.1, 0.15) is 36.0 Å². The first-order valence-corrected chi connectivity index (χ1v) is 17.6. The number of hydrogen-bond donors (Lipinski definition) is 4. The van der Waals surface area contributed by atoms with Gasteiger partial charge in [0.15, 0.2) is 0 Å². The summed E-state index contributed by atoms with van der Waals surface area (Å²) in [4.78, 5) is 69.0. The highest BCUT2D eigenvalue weighted by molar-refractivity contribution is 6.00. The zero-order valence-electron chi connectivity index (χ0n) is 29.1. The number of amides is 4. The minimum atomic E-state index is -1.34. The fourth-order valence-electron chi connectivity index (χ4n) is 6.50. The molecule has 0 fully saturated rings. The Hall–Kier alpha value is -6.01. The number of aliphatic hydroxyl groups excluding tert-OH is 1. The van der Waals surface area contributed by atoms with Gasteiger partial charge in [0, 0.05) is 18.7 Å². The highest BCUT2D eigenvalue weighted by atomic mass is 16.6. The van der Waals surface area contributed by atoms with Crippen molar-refractivity contribution in [2.75, 3.05) is 18.5 Å². The van der Waals surface area contributed by atoms with Gasteiger partial charge in [-0.2, -0.15) is 0 Å². The van der Waals surface area contributed by atoms with Crippen molar-refractivity contribution < 1.29 is 38.6 Å². The van der Waals surface area contributed by atoms with E-state index in [9.17, 15) is 29.1 Å². The molecule has 2 aliphatic rings. The van der Waals surface area contributed by atoms with E-state index in [1.165, 1.54) is 0 Å². The first-order valence-electron chi connectivity index (χ1n) is 17.6.